The Bertz CT molecular complexity index is 798. The average molecular weight is 304 g/mol. The molecule has 0 aliphatic carbocycles. The Morgan fingerprint density at radius 1 is 1.25 bits per heavy atom. The zero-order valence-electron chi connectivity index (χ0n) is 10.2. The molecule has 0 saturated carbocycles. The Kier molecular flexibility index (Phi) is 3.33. The number of benzene rings is 1. The van der Waals surface area contributed by atoms with E-state index in [9.17, 15) is 0 Å². The van der Waals surface area contributed by atoms with Crippen molar-refractivity contribution in [2.45, 2.75) is 10.1 Å². The summed E-state index contributed by atoms with van der Waals surface area (Å²) in [7, 11) is 0. The van der Waals surface area contributed by atoms with E-state index in [1.807, 2.05) is 28.8 Å². The van der Waals surface area contributed by atoms with Crippen molar-refractivity contribution in [3.8, 4) is 0 Å². The van der Waals surface area contributed by atoms with Crippen molar-refractivity contribution in [1.29, 1.82) is 5.41 Å². The summed E-state index contributed by atoms with van der Waals surface area (Å²) < 4.78 is 1.87. The first-order chi connectivity index (χ1) is 9.65. The third-order valence-corrected chi connectivity index (χ3v) is 3.97. The molecule has 1 aromatic carbocycles. The molecule has 3 N–H and O–H groups in total. The van der Waals surface area contributed by atoms with Crippen LogP contribution in [0.3, 0.4) is 0 Å². The van der Waals surface area contributed by atoms with E-state index in [0.29, 0.717) is 15.7 Å². The normalized spacial score (nSPS) is 10.8. The predicted molar refractivity (Wildman–Crippen MR) is 79.6 cm³/mol. The van der Waals surface area contributed by atoms with Crippen LogP contribution < -0.4 is 5.73 Å². The number of rotatable bonds is 3. The number of nitrogens with one attached hydrogen (secondary N) is 1. The van der Waals surface area contributed by atoms with Gasteiger partial charge < -0.3 is 5.73 Å². The zero-order valence-corrected chi connectivity index (χ0v) is 11.8. The summed E-state index contributed by atoms with van der Waals surface area (Å²) in [6.45, 7) is 0. The van der Waals surface area contributed by atoms with Crippen LogP contribution in [-0.2, 0) is 0 Å². The van der Waals surface area contributed by atoms with Gasteiger partial charge in [0.05, 0.1) is 0 Å². The summed E-state index contributed by atoms with van der Waals surface area (Å²) in [5, 5.41) is 17.1. The van der Waals surface area contributed by atoms with E-state index in [-0.39, 0.29) is 5.84 Å². The van der Waals surface area contributed by atoms with Crippen LogP contribution >= 0.6 is 23.4 Å². The van der Waals surface area contributed by atoms with E-state index in [0.717, 1.165) is 10.5 Å². The largest absolute Gasteiger partial charge is 0.384 e. The molecule has 0 aliphatic heterocycles. The van der Waals surface area contributed by atoms with Crippen LogP contribution in [0.1, 0.15) is 5.56 Å². The highest BCUT2D eigenvalue weighted by atomic mass is 35.5. The number of nitrogens with two attached hydrogens (primary N) is 1. The standard InChI is InChI=1S/C13H10ClN5S/c14-8-4-5-9(12(15)16)10(7-8)20-13-18-17-11-3-1-2-6-19(11)13/h1-7H,(H3,15,16). The van der Waals surface area contributed by atoms with Crippen molar-refractivity contribution in [3.05, 3.63) is 53.2 Å². The molecule has 3 rings (SSSR count). The van der Waals surface area contributed by atoms with Crippen LogP contribution in [0.15, 0.2) is 52.6 Å². The Labute approximate surface area is 124 Å². The van der Waals surface area contributed by atoms with E-state index >= 15 is 0 Å². The molecular formula is C13H10ClN5S. The summed E-state index contributed by atoms with van der Waals surface area (Å²) in [4.78, 5) is 0.781. The van der Waals surface area contributed by atoms with Gasteiger partial charge in [0, 0.05) is 21.7 Å². The number of nitrogens with zero attached hydrogens (tertiary/aromatic N) is 3. The van der Waals surface area contributed by atoms with Crippen LogP contribution in [0.25, 0.3) is 5.65 Å². The number of pyridine rings is 1. The van der Waals surface area contributed by atoms with Gasteiger partial charge in [-0.05, 0) is 42.1 Å². The van der Waals surface area contributed by atoms with Crippen molar-refractivity contribution in [2.24, 2.45) is 5.73 Å². The summed E-state index contributed by atoms with van der Waals surface area (Å²) in [5.74, 6) is -0.00186. The number of amidine groups is 1. The summed E-state index contributed by atoms with van der Waals surface area (Å²) in [6, 6.07) is 10.9. The maximum Gasteiger partial charge on any atom is 0.200 e. The van der Waals surface area contributed by atoms with Crippen molar-refractivity contribution < 1.29 is 0 Å². The van der Waals surface area contributed by atoms with E-state index < -0.39 is 0 Å². The second-order valence-corrected chi connectivity index (χ2v) is 5.51. The fourth-order valence-corrected chi connectivity index (χ4v) is 3.03. The Morgan fingerprint density at radius 3 is 2.90 bits per heavy atom. The van der Waals surface area contributed by atoms with Crippen LogP contribution in [0.5, 0.6) is 0 Å². The van der Waals surface area contributed by atoms with Crippen LogP contribution in [0.2, 0.25) is 5.02 Å². The lowest BCUT2D eigenvalue weighted by Crippen LogP contribution is -2.12. The molecule has 0 spiro atoms. The van der Waals surface area contributed by atoms with Gasteiger partial charge in [-0.15, -0.1) is 10.2 Å². The highest BCUT2D eigenvalue weighted by molar-refractivity contribution is 7.99. The maximum absolute atomic E-state index is 7.62. The van der Waals surface area contributed by atoms with Crippen LogP contribution in [0.4, 0.5) is 0 Å². The molecule has 3 aromatic rings. The van der Waals surface area contributed by atoms with Gasteiger partial charge in [0.15, 0.2) is 10.8 Å². The average Bonchev–Trinajstić information content (AvgIpc) is 2.82. The Hall–Kier alpha value is -2.05. The Balaban J connectivity index is 2.07. The van der Waals surface area contributed by atoms with E-state index in [4.69, 9.17) is 22.7 Å². The van der Waals surface area contributed by atoms with Gasteiger partial charge in [-0.3, -0.25) is 9.81 Å². The fourth-order valence-electron chi connectivity index (χ4n) is 1.79. The molecule has 20 heavy (non-hydrogen) atoms. The van der Waals surface area contributed by atoms with Gasteiger partial charge in [0.1, 0.15) is 5.84 Å². The zero-order chi connectivity index (χ0) is 14.1. The molecule has 0 unspecified atom stereocenters. The predicted octanol–water partition coefficient (Wildman–Crippen LogP) is 2.82. The third-order valence-electron chi connectivity index (χ3n) is 2.72. The number of nitrogen functional groups attached to an aromatic ring is 1. The lowest BCUT2D eigenvalue weighted by molar-refractivity contribution is 0.921. The van der Waals surface area contributed by atoms with Crippen molar-refractivity contribution >= 4 is 34.8 Å². The number of hydrogen-bond acceptors (Lipinski definition) is 4. The molecule has 0 aliphatic rings. The number of hydrogen-bond donors (Lipinski definition) is 2. The second-order valence-electron chi connectivity index (χ2n) is 4.07. The van der Waals surface area contributed by atoms with Gasteiger partial charge in [-0.2, -0.15) is 0 Å². The molecule has 0 atom stereocenters. The van der Waals surface area contributed by atoms with Crippen molar-refractivity contribution in [1.82, 2.24) is 14.6 Å². The lowest BCUT2D eigenvalue weighted by atomic mass is 10.2. The lowest BCUT2D eigenvalue weighted by Gasteiger charge is -2.07. The summed E-state index contributed by atoms with van der Waals surface area (Å²) >= 11 is 7.39. The molecule has 0 amide bonds. The fraction of sp³-hybridized carbons (Fsp3) is 0. The van der Waals surface area contributed by atoms with Gasteiger partial charge in [0.2, 0.25) is 0 Å². The van der Waals surface area contributed by atoms with Crippen molar-refractivity contribution in [2.75, 3.05) is 0 Å². The first kappa shape index (κ1) is 13.0. The minimum atomic E-state index is -0.00186. The topological polar surface area (TPSA) is 80.1 Å². The smallest absolute Gasteiger partial charge is 0.200 e. The van der Waals surface area contributed by atoms with Gasteiger partial charge >= 0.3 is 0 Å². The highest BCUT2D eigenvalue weighted by Gasteiger charge is 2.12. The molecule has 2 heterocycles. The van der Waals surface area contributed by atoms with Crippen molar-refractivity contribution in [3.63, 3.8) is 0 Å². The molecule has 2 aromatic heterocycles. The molecule has 0 bridgehead atoms. The number of fused-ring (bicyclic) bond motifs is 1. The molecule has 7 heteroatoms. The first-order valence-corrected chi connectivity index (χ1v) is 6.96. The maximum atomic E-state index is 7.62. The second kappa shape index (κ2) is 5.15. The summed E-state index contributed by atoms with van der Waals surface area (Å²) in [6.07, 6.45) is 1.88. The van der Waals surface area contributed by atoms with E-state index in [1.165, 1.54) is 11.8 Å². The molecule has 0 saturated heterocycles. The van der Waals surface area contributed by atoms with E-state index in [1.54, 1.807) is 18.2 Å². The molecule has 5 nitrogen and oxygen atoms in total. The molecule has 100 valence electrons. The van der Waals surface area contributed by atoms with Crippen LogP contribution in [0, 0.1) is 5.41 Å². The first-order valence-electron chi connectivity index (χ1n) is 5.77. The Morgan fingerprint density at radius 2 is 2.10 bits per heavy atom. The molecular weight excluding hydrogens is 294 g/mol. The molecule has 0 fully saturated rings. The van der Waals surface area contributed by atoms with Gasteiger partial charge in [-0.1, -0.05) is 17.7 Å². The van der Waals surface area contributed by atoms with Crippen LogP contribution in [-0.4, -0.2) is 20.4 Å². The monoisotopic (exact) mass is 303 g/mol. The minimum Gasteiger partial charge on any atom is -0.384 e. The third kappa shape index (κ3) is 2.35. The number of halogens is 1. The SMILES string of the molecule is N=C(N)c1ccc(Cl)cc1Sc1nnc2ccccn12. The van der Waals surface area contributed by atoms with Gasteiger partial charge in [-0.25, -0.2) is 0 Å². The summed E-state index contributed by atoms with van der Waals surface area (Å²) in [5.41, 5.74) is 6.99. The quantitative estimate of drug-likeness (QED) is 0.576. The number of aromatic nitrogens is 3. The van der Waals surface area contributed by atoms with E-state index in [2.05, 4.69) is 10.2 Å². The molecule has 0 radical (unpaired) electrons. The minimum absolute atomic E-state index is 0.00186. The highest BCUT2D eigenvalue weighted by Crippen LogP contribution is 2.31. The van der Waals surface area contributed by atoms with Gasteiger partial charge in [0.25, 0.3) is 0 Å².